The van der Waals surface area contributed by atoms with Crippen molar-refractivity contribution >= 4 is 5.65 Å². The van der Waals surface area contributed by atoms with Gasteiger partial charge >= 0.3 is 0 Å². The van der Waals surface area contributed by atoms with E-state index in [0.717, 1.165) is 40.7 Å². The van der Waals surface area contributed by atoms with Crippen molar-refractivity contribution in [3.05, 3.63) is 71.8 Å². The standard InChI is InChI=1S/C21H21N5.C2H6/c1-14-4-6-17(7-5-14)20-21(18-8-10-23-15(2)24-18)26-11-9-16(13-22-3)12-19(26)25-20;1-2/h4-12,22H,13H2,1-3H3;1-2H3. The highest BCUT2D eigenvalue weighted by molar-refractivity contribution is 5.80. The van der Waals surface area contributed by atoms with Gasteiger partial charge in [-0.05, 0) is 44.7 Å². The number of rotatable bonds is 4. The van der Waals surface area contributed by atoms with Gasteiger partial charge in [-0.2, -0.15) is 0 Å². The summed E-state index contributed by atoms with van der Waals surface area (Å²) >= 11 is 0. The molecule has 0 unspecified atom stereocenters. The minimum Gasteiger partial charge on any atom is -0.316 e. The van der Waals surface area contributed by atoms with Gasteiger partial charge in [0.1, 0.15) is 11.5 Å². The van der Waals surface area contributed by atoms with Crippen molar-refractivity contribution in [3.63, 3.8) is 0 Å². The van der Waals surface area contributed by atoms with E-state index in [-0.39, 0.29) is 0 Å². The van der Waals surface area contributed by atoms with E-state index in [1.165, 1.54) is 11.1 Å². The summed E-state index contributed by atoms with van der Waals surface area (Å²) in [5.74, 6) is 0.749. The second kappa shape index (κ2) is 8.76. The Hall–Kier alpha value is -3.05. The summed E-state index contributed by atoms with van der Waals surface area (Å²) in [7, 11) is 1.95. The molecule has 0 aliphatic heterocycles. The molecule has 0 amide bonds. The Balaban J connectivity index is 0.00000109. The van der Waals surface area contributed by atoms with Crippen LogP contribution >= 0.6 is 0 Å². The topological polar surface area (TPSA) is 55.1 Å². The molecule has 4 rings (SSSR count). The fraction of sp³-hybridized carbons (Fsp3) is 0.261. The van der Waals surface area contributed by atoms with Crippen LogP contribution in [0.1, 0.15) is 30.8 Å². The van der Waals surface area contributed by atoms with Crippen LogP contribution in [0.15, 0.2) is 54.9 Å². The first-order valence-electron chi connectivity index (χ1n) is 9.68. The van der Waals surface area contributed by atoms with Gasteiger partial charge in [-0.15, -0.1) is 0 Å². The normalized spacial score (nSPS) is 10.6. The zero-order valence-corrected chi connectivity index (χ0v) is 17.2. The van der Waals surface area contributed by atoms with E-state index >= 15 is 0 Å². The molecule has 3 heterocycles. The predicted octanol–water partition coefficient (Wildman–Crippen LogP) is 4.82. The Bertz CT molecular complexity index is 1060. The van der Waals surface area contributed by atoms with Crippen LogP contribution in [0.5, 0.6) is 0 Å². The highest BCUT2D eigenvalue weighted by Crippen LogP contribution is 2.32. The molecule has 1 N–H and O–H groups in total. The van der Waals surface area contributed by atoms with Crippen molar-refractivity contribution in [2.75, 3.05) is 7.05 Å². The van der Waals surface area contributed by atoms with Crippen LogP contribution in [0.3, 0.4) is 0 Å². The van der Waals surface area contributed by atoms with E-state index in [0.29, 0.717) is 0 Å². The van der Waals surface area contributed by atoms with Gasteiger partial charge in [0.05, 0.1) is 17.1 Å². The number of hydrogen-bond acceptors (Lipinski definition) is 4. The molecule has 0 atom stereocenters. The fourth-order valence-electron chi connectivity index (χ4n) is 3.15. The van der Waals surface area contributed by atoms with E-state index in [4.69, 9.17) is 4.98 Å². The lowest BCUT2D eigenvalue weighted by Gasteiger charge is -2.07. The van der Waals surface area contributed by atoms with Crippen LogP contribution in [0.25, 0.3) is 28.3 Å². The van der Waals surface area contributed by atoms with Crippen molar-refractivity contribution < 1.29 is 0 Å². The highest BCUT2D eigenvalue weighted by Gasteiger charge is 2.17. The molecular formula is C23H27N5. The maximum atomic E-state index is 4.94. The summed E-state index contributed by atoms with van der Waals surface area (Å²) in [6.07, 6.45) is 3.87. The molecule has 3 aromatic heterocycles. The molecule has 1 aromatic carbocycles. The number of imidazole rings is 1. The number of nitrogens with one attached hydrogen (secondary N) is 1. The van der Waals surface area contributed by atoms with Gasteiger partial charge in [-0.3, -0.25) is 4.40 Å². The Labute approximate surface area is 166 Å². The van der Waals surface area contributed by atoms with Gasteiger partial charge in [0.2, 0.25) is 0 Å². The lowest BCUT2D eigenvalue weighted by molar-refractivity contribution is 0.816. The summed E-state index contributed by atoms with van der Waals surface area (Å²) < 4.78 is 2.11. The van der Waals surface area contributed by atoms with Crippen molar-refractivity contribution in [3.8, 4) is 22.6 Å². The number of aromatic nitrogens is 4. The lowest BCUT2D eigenvalue weighted by Crippen LogP contribution is -2.05. The molecule has 0 saturated heterocycles. The maximum absolute atomic E-state index is 4.94. The molecule has 28 heavy (non-hydrogen) atoms. The summed E-state index contributed by atoms with van der Waals surface area (Å²) in [5, 5.41) is 3.19. The number of aryl methyl sites for hydroxylation is 2. The van der Waals surface area contributed by atoms with Gasteiger partial charge in [0, 0.05) is 24.5 Å². The molecule has 5 nitrogen and oxygen atoms in total. The first-order valence-corrected chi connectivity index (χ1v) is 9.68. The van der Waals surface area contributed by atoms with E-state index in [1.807, 2.05) is 33.9 Å². The smallest absolute Gasteiger partial charge is 0.138 e. The Morgan fingerprint density at radius 3 is 2.39 bits per heavy atom. The monoisotopic (exact) mass is 373 g/mol. The van der Waals surface area contributed by atoms with Crippen molar-refractivity contribution in [2.45, 2.75) is 34.2 Å². The van der Waals surface area contributed by atoms with Gasteiger partial charge in [-0.1, -0.05) is 43.7 Å². The second-order valence-electron chi connectivity index (χ2n) is 6.46. The summed E-state index contributed by atoms with van der Waals surface area (Å²) in [6, 6.07) is 14.6. The zero-order valence-electron chi connectivity index (χ0n) is 17.2. The number of hydrogen-bond donors (Lipinski definition) is 1. The van der Waals surface area contributed by atoms with E-state index in [2.05, 4.69) is 69.2 Å². The predicted molar refractivity (Wildman–Crippen MR) is 115 cm³/mol. The number of fused-ring (bicyclic) bond motifs is 1. The van der Waals surface area contributed by atoms with E-state index in [9.17, 15) is 0 Å². The third-order valence-corrected chi connectivity index (χ3v) is 4.42. The number of benzene rings is 1. The quantitative estimate of drug-likeness (QED) is 0.557. The summed E-state index contributed by atoms with van der Waals surface area (Å²) in [4.78, 5) is 13.8. The Morgan fingerprint density at radius 2 is 1.71 bits per heavy atom. The van der Waals surface area contributed by atoms with Crippen molar-refractivity contribution in [1.29, 1.82) is 0 Å². The number of pyridine rings is 1. The second-order valence-corrected chi connectivity index (χ2v) is 6.46. The Kier molecular flexibility index (Phi) is 6.16. The first-order chi connectivity index (χ1) is 13.7. The third-order valence-electron chi connectivity index (χ3n) is 4.42. The lowest BCUT2D eigenvalue weighted by atomic mass is 10.1. The summed E-state index contributed by atoms with van der Waals surface area (Å²) in [5.41, 5.74) is 7.23. The van der Waals surface area contributed by atoms with Gasteiger partial charge in [0.15, 0.2) is 0 Å². The van der Waals surface area contributed by atoms with Gasteiger partial charge in [-0.25, -0.2) is 15.0 Å². The van der Waals surface area contributed by atoms with Crippen LogP contribution < -0.4 is 5.32 Å². The minimum absolute atomic E-state index is 0.749. The fourth-order valence-corrected chi connectivity index (χ4v) is 3.15. The van der Waals surface area contributed by atoms with E-state index < -0.39 is 0 Å². The van der Waals surface area contributed by atoms with Crippen LogP contribution in [0.4, 0.5) is 0 Å². The zero-order chi connectivity index (χ0) is 20.1. The molecule has 0 aliphatic carbocycles. The molecule has 0 saturated carbocycles. The molecule has 0 bridgehead atoms. The SMILES string of the molecule is CC.CNCc1ccn2c(-c3ccnc(C)n3)c(-c3ccc(C)cc3)nc2c1. The molecular weight excluding hydrogens is 346 g/mol. The largest absolute Gasteiger partial charge is 0.316 e. The Morgan fingerprint density at radius 1 is 0.964 bits per heavy atom. The molecule has 0 spiro atoms. The minimum atomic E-state index is 0.749. The molecule has 4 aromatic rings. The van der Waals surface area contributed by atoms with Crippen LogP contribution in [0, 0.1) is 13.8 Å². The summed E-state index contributed by atoms with van der Waals surface area (Å²) in [6.45, 7) is 8.81. The molecule has 0 radical (unpaired) electrons. The van der Waals surface area contributed by atoms with E-state index in [1.54, 1.807) is 6.20 Å². The van der Waals surface area contributed by atoms with Crippen LogP contribution in [-0.4, -0.2) is 26.4 Å². The van der Waals surface area contributed by atoms with Crippen molar-refractivity contribution in [2.24, 2.45) is 0 Å². The van der Waals surface area contributed by atoms with Gasteiger partial charge < -0.3 is 5.32 Å². The number of nitrogens with zero attached hydrogens (tertiary/aromatic N) is 4. The molecule has 0 fully saturated rings. The first kappa shape index (κ1) is 19.7. The average Bonchev–Trinajstić information content (AvgIpc) is 3.09. The maximum Gasteiger partial charge on any atom is 0.138 e. The average molecular weight is 374 g/mol. The van der Waals surface area contributed by atoms with Crippen LogP contribution in [0.2, 0.25) is 0 Å². The molecule has 5 heteroatoms. The molecule has 144 valence electrons. The highest BCUT2D eigenvalue weighted by atomic mass is 15.0. The van der Waals surface area contributed by atoms with Crippen LogP contribution in [-0.2, 0) is 6.54 Å². The van der Waals surface area contributed by atoms with Crippen molar-refractivity contribution in [1.82, 2.24) is 24.7 Å². The molecule has 0 aliphatic rings. The van der Waals surface area contributed by atoms with Gasteiger partial charge in [0.25, 0.3) is 0 Å². The third kappa shape index (κ3) is 3.94.